The maximum Gasteiger partial charge on any atom is 0.110 e. The number of ether oxygens (including phenoxy) is 1. The molecule has 0 amide bonds. The highest BCUT2D eigenvalue weighted by atomic mass is 16.5. The van der Waals surface area contributed by atoms with Gasteiger partial charge in [-0.05, 0) is 26.3 Å². The van der Waals surface area contributed by atoms with Crippen molar-refractivity contribution in [2.75, 3.05) is 13.2 Å². The van der Waals surface area contributed by atoms with Gasteiger partial charge in [-0.25, -0.2) is 4.98 Å². The molecule has 0 fully saturated rings. The Morgan fingerprint density at radius 1 is 1.32 bits per heavy atom. The summed E-state index contributed by atoms with van der Waals surface area (Å²) in [6.07, 6.45) is 8.45. The number of imidazole rings is 1. The van der Waals surface area contributed by atoms with Gasteiger partial charge in [-0.15, -0.1) is 0 Å². The Kier molecular flexibility index (Phi) is 7.75. The van der Waals surface area contributed by atoms with E-state index in [1.807, 2.05) is 12.4 Å². The molecule has 1 aromatic heterocycles. The summed E-state index contributed by atoms with van der Waals surface area (Å²) in [5, 5.41) is 3.63. The van der Waals surface area contributed by atoms with E-state index >= 15 is 0 Å². The molecule has 0 bridgehead atoms. The van der Waals surface area contributed by atoms with Crippen LogP contribution >= 0.6 is 0 Å². The predicted octanol–water partition coefficient (Wildman–Crippen LogP) is 2.54. The SMILES string of the molecule is CCCNC(Cc1nccn1C)C(CCC)OCC. The zero-order chi connectivity index (χ0) is 14.1. The van der Waals surface area contributed by atoms with Crippen LogP contribution in [-0.2, 0) is 18.2 Å². The first-order chi connectivity index (χ1) is 9.22. The number of aromatic nitrogens is 2. The lowest BCUT2D eigenvalue weighted by Gasteiger charge is -2.27. The summed E-state index contributed by atoms with van der Waals surface area (Å²) in [4.78, 5) is 4.43. The number of nitrogens with one attached hydrogen (secondary N) is 1. The van der Waals surface area contributed by atoms with Crippen molar-refractivity contribution in [2.45, 2.75) is 58.6 Å². The van der Waals surface area contributed by atoms with E-state index in [2.05, 4.69) is 42.7 Å². The zero-order valence-corrected chi connectivity index (χ0v) is 12.9. The van der Waals surface area contributed by atoms with E-state index in [1.165, 1.54) is 0 Å². The number of rotatable bonds is 10. The summed E-state index contributed by atoms with van der Waals surface area (Å²) < 4.78 is 8.02. The van der Waals surface area contributed by atoms with Crippen LogP contribution in [0.3, 0.4) is 0 Å². The summed E-state index contributed by atoms with van der Waals surface area (Å²) in [7, 11) is 2.05. The van der Waals surface area contributed by atoms with Crippen LogP contribution < -0.4 is 5.32 Å². The highest BCUT2D eigenvalue weighted by Gasteiger charge is 2.22. The molecule has 4 heteroatoms. The minimum absolute atomic E-state index is 0.276. The van der Waals surface area contributed by atoms with Crippen molar-refractivity contribution in [2.24, 2.45) is 7.05 Å². The van der Waals surface area contributed by atoms with Crippen molar-refractivity contribution < 1.29 is 4.74 Å². The van der Waals surface area contributed by atoms with E-state index in [4.69, 9.17) is 4.74 Å². The van der Waals surface area contributed by atoms with Crippen molar-refractivity contribution in [1.82, 2.24) is 14.9 Å². The molecule has 0 radical (unpaired) electrons. The molecule has 1 aromatic rings. The fourth-order valence-electron chi connectivity index (χ4n) is 2.35. The molecule has 1 rings (SSSR count). The van der Waals surface area contributed by atoms with Gasteiger partial charge in [0.1, 0.15) is 5.82 Å². The standard InChI is InChI=1S/C15H29N3O/c1-5-8-14(19-7-3)13(16-9-6-2)12-15-17-10-11-18(15)4/h10-11,13-14,16H,5-9,12H2,1-4H3. The van der Waals surface area contributed by atoms with Gasteiger partial charge in [0.05, 0.1) is 6.10 Å². The van der Waals surface area contributed by atoms with Gasteiger partial charge in [-0.3, -0.25) is 0 Å². The van der Waals surface area contributed by atoms with E-state index in [0.717, 1.165) is 44.7 Å². The zero-order valence-electron chi connectivity index (χ0n) is 12.9. The number of nitrogens with zero attached hydrogens (tertiary/aromatic N) is 2. The molecule has 2 atom stereocenters. The third kappa shape index (κ3) is 5.33. The molecule has 0 aliphatic carbocycles. The first-order valence-corrected chi connectivity index (χ1v) is 7.54. The van der Waals surface area contributed by atoms with Gasteiger partial charge in [-0.2, -0.15) is 0 Å². The van der Waals surface area contributed by atoms with Crippen LogP contribution in [-0.4, -0.2) is 34.8 Å². The van der Waals surface area contributed by atoms with Crippen LogP contribution in [0.2, 0.25) is 0 Å². The second-order valence-corrected chi connectivity index (χ2v) is 5.00. The Balaban J connectivity index is 2.70. The Morgan fingerprint density at radius 3 is 2.63 bits per heavy atom. The van der Waals surface area contributed by atoms with Crippen LogP contribution in [0, 0.1) is 0 Å². The average Bonchev–Trinajstić information content (AvgIpc) is 2.80. The minimum Gasteiger partial charge on any atom is -0.377 e. The van der Waals surface area contributed by atoms with Crippen molar-refractivity contribution in [3.63, 3.8) is 0 Å². The highest BCUT2D eigenvalue weighted by Crippen LogP contribution is 2.12. The quantitative estimate of drug-likeness (QED) is 0.708. The summed E-state index contributed by atoms with van der Waals surface area (Å²) >= 11 is 0. The van der Waals surface area contributed by atoms with E-state index < -0.39 is 0 Å². The second kappa shape index (κ2) is 9.10. The average molecular weight is 267 g/mol. The Bertz CT molecular complexity index is 332. The molecule has 0 spiro atoms. The van der Waals surface area contributed by atoms with Crippen LogP contribution in [0.5, 0.6) is 0 Å². The summed E-state index contributed by atoms with van der Waals surface area (Å²) in [6, 6.07) is 0.348. The minimum atomic E-state index is 0.276. The van der Waals surface area contributed by atoms with Gasteiger partial charge in [0.2, 0.25) is 0 Å². The molecule has 0 saturated heterocycles. The van der Waals surface area contributed by atoms with Crippen LogP contribution in [0.25, 0.3) is 0 Å². The molecule has 0 aliphatic rings. The lowest BCUT2D eigenvalue weighted by Crippen LogP contribution is -2.44. The van der Waals surface area contributed by atoms with E-state index in [0.29, 0.717) is 6.04 Å². The van der Waals surface area contributed by atoms with Crippen molar-refractivity contribution in [3.05, 3.63) is 18.2 Å². The van der Waals surface area contributed by atoms with Gasteiger partial charge in [0.25, 0.3) is 0 Å². The van der Waals surface area contributed by atoms with Crippen molar-refractivity contribution in [1.29, 1.82) is 0 Å². The van der Waals surface area contributed by atoms with Crippen LogP contribution in [0.4, 0.5) is 0 Å². The fraction of sp³-hybridized carbons (Fsp3) is 0.800. The summed E-state index contributed by atoms with van der Waals surface area (Å²) in [5.41, 5.74) is 0. The van der Waals surface area contributed by atoms with Gasteiger partial charge >= 0.3 is 0 Å². The second-order valence-electron chi connectivity index (χ2n) is 5.00. The molecular formula is C15H29N3O. The highest BCUT2D eigenvalue weighted by molar-refractivity contribution is 4.96. The predicted molar refractivity (Wildman–Crippen MR) is 79.3 cm³/mol. The normalized spacial score (nSPS) is 14.5. The maximum absolute atomic E-state index is 5.93. The smallest absolute Gasteiger partial charge is 0.110 e. The lowest BCUT2D eigenvalue weighted by molar-refractivity contribution is 0.0275. The lowest BCUT2D eigenvalue weighted by atomic mass is 10.0. The van der Waals surface area contributed by atoms with E-state index in [1.54, 1.807) is 0 Å². The Morgan fingerprint density at radius 2 is 2.11 bits per heavy atom. The van der Waals surface area contributed by atoms with E-state index in [-0.39, 0.29) is 6.10 Å². The molecule has 1 heterocycles. The topological polar surface area (TPSA) is 39.1 Å². The largest absolute Gasteiger partial charge is 0.377 e. The first kappa shape index (κ1) is 16.2. The summed E-state index contributed by atoms with van der Waals surface area (Å²) in [5.74, 6) is 1.12. The van der Waals surface area contributed by atoms with E-state index in [9.17, 15) is 0 Å². The van der Waals surface area contributed by atoms with Gasteiger partial charge in [0, 0.05) is 38.5 Å². The molecule has 19 heavy (non-hydrogen) atoms. The van der Waals surface area contributed by atoms with Crippen molar-refractivity contribution >= 4 is 0 Å². The van der Waals surface area contributed by atoms with Gasteiger partial charge < -0.3 is 14.6 Å². The number of hydrogen-bond acceptors (Lipinski definition) is 3. The maximum atomic E-state index is 5.93. The molecule has 1 N–H and O–H groups in total. The number of aryl methyl sites for hydroxylation is 1. The molecule has 2 unspecified atom stereocenters. The molecule has 110 valence electrons. The van der Waals surface area contributed by atoms with Crippen LogP contribution in [0.1, 0.15) is 45.9 Å². The third-order valence-electron chi connectivity index (χ3n) is 3.38. The van der Waals surface area contributed by atoms with Gasteiger partial charge in [0.15, 0.2) is 0 Å². The monoisotopic (exact) mass is 267 g/mol. The summed E-state index contributed by atoms with van der Waals surface area (Å²) in [6.45, 7) is 8.28. The van der Waals surface area contributed by atoms with Crippen molar-refractivity contribution in [3.8, 4) is 0 Å². The molecule has 0 aromatic carbocycles. The van der Waals surface area contributed by atoms with Crippen LogP contribution in [0.15, 0.2) is 12.4 Å². The Labute approximate surface area is 117 Å². The fourth-order valence-corrected chi connectivity index (χ4v) is 2.35. The number of hydrogen-bond donors (Lipinski definition) is 1. The molecule has 0 saturated carbocycles. The Hall–Kier alpha value is -0.870. The molecular weight excluding hydrogens is 238 g/mol. The molecule has 0 aliphatic heterocycles. The first-order valence-electron chi connectivity index (χ1n) is 7.54. The molecule has 4 nitrogen and oxygen atoms in total. The third-order valence-corrected chi connectivity index (χ3v) is 3.38. The van der Waals surface area contributed by atoms with Gasteiger partial charge in [-0.1, -0.05) is 20.3 Å².